The first-order chi connectivity index (χ1) is 6.90. The zero-order chi connectivity index (χ0) is 11.6. The Kier molecular flexibility index (Phi) is 3.62. The van der Waals surface area contributed by atoms with Gasteiger partial charge in [0.25, 0.3) is 0 Å². The minimum absolute atomic E-state index is 0.0147. The van der Waals surface area contributed by atoms with Gasteiger partial charge in [-0.25, -0.2) is 0 Å². The molecule has 2 N–H and O–H groups in total. The van der Waals surface area contributed by atoms with E-state index in [4.69, 9.17) is 10.5 Å². The molecule has 84 valence electrons. The molecule has 0 aliphatic heterocycles. The molecule has 0 amide bonds. The molecule has 0 unspecified atom stereocenters. The van der Waals surface area contributed by atoms with Crippen LogP contribution in [0.25, 0.3) is 0 Å². The van der Waals surface area contributed by atoms with Crippen molar-refractivity contribution in [2.75, 3.05) is 7.11 Å². The van der Waals surface area contributed by atoms with Crippen LogP contribution in [0, 0.1) is 0 Å². The van der Waals surface area contributed by atoms with Gasteiger partial charge in [0.05, 0.1) is 12.7 Å². The third-order valence-electron chi connectivity index (χ3n) is 1.88. The second kappa shape index (κ2) is 4.40. The molecule has 0 saturated carbocycles. The van der Waals surface area contributed by atoms with E-state index in [1.54, 1.807) is 0 Å². The van der Waals surface area contributed by atoms with Crippen molar-refractivity contribution in [3.8, 4) is 5.75 Å². The normalized spacial score (nSPS) is 11.6. The Bertz CT molecular complexity index is 365. The van der Waals surface area contributed by atoms with Crippen molar-refractivity contribution in [1.82, 2.24) is 0 Å². The SMILES string of the molecule is COc1cc(CN)c(Br)c(C(F)(F)F)c1. The molecule has 15 heavy (non-hydrogen) atoms. The van der Waals surface area contributed by atoms with Crippen molar-refractivity contribution in [3.63, 3.8) is 0 Å². The summed E-state index contributed by atoms with van der Waals surface area (Å²) >= 11 is 2.89. The quantitative estimate of drug-likeness (QED) is 0.906. The molecule has 0 bridgehead atoms. The number of halogens is 4. The second-order valence-electron chi connectivity index (χ2n) is 2.85. The number of ether oxygens (including phenoxy) is 1. The molecule has 1 aromatic rings. The molecule has 0 aliphatic rings. The van der Waals surface area contributed by atoms with Crippen LogP contribution in [-0.4, -0.2) is 7.11 Å². The highest BCUT2D eigenvalue weighted by atomic mass is 79.9. The van der Waals surface area contributed by atoms with E-state index in [1.807, 2.05) is 0 Å². The molecule has 1 aromatic carbocycles. The summed E-state index contributed by atoms with van der Waals surface area (Å²) in [6, 6.07) is 2.41. The fourth-order valence-electron chi connectivity index (χ4n) is 1.13. The van der Waals surface area contributed by atoms with E-state index in [0.29, 0.717) is 5.56 Å². The first-order valence-electron chi connectivity index (χ1n) is 4.03. The first-order valence-corrected chi connectivity index (χ1v) is 4.83. The molecule has 0 saturated heterocycles. The Morgan fingerprint density at radius 1 is 1.40 bits per heavy atom. The van der Waals surface area contributed by atoms with Gasteiger partial charge in [0, 0.05) is 11.0 Å². The Morgan fingerprint density at radius 3 is 2.40 bits per heavy atom. The van der Waals surface area contributed by atoms with E-state index < -0.39 is 11.7 Å². The zero-order valence-corrected chi connectivity index (χ0v) is 9.45. The largest absolute Gasteiger partial charge is 0.497 e. The topological polar surface area (TPSA) is 35.2 Å². The van der Waals surface area contributed by atoms with Gasteiger partial charge in [-0.1, -0.05) is 0 Å². The van der Waals surface area contributed by atoms with Crippen LogP contribution in [0.15, 0.2) is 16.6 Å². The summed E-state index contributed by atoms with van der Waals surface area (Å²) in [4.78, 5) is 0. The molecule has 0 heterocycles. The van der Waals surface area contributed by atoms with Gasteiger partial charge in [-0.3, -0.25) is 0 Å². The summed E-state index contributed by atoms with van der Waals surface area (Å²) in [5, 5.41) is 0. The third kappa shape index (κ3) is 2.63. The number of rotatable bonds is 2. The van der Waals surface area contributed by atoms with Crippen LogP contribution in [-0.2, 0) is 12.7 Å². The van der Waals surface area contributed by atoms with Gasteiger partial charge in [-0.05, 0) is 33.6 Å². The predicted octanol–water partition coefficient (Wildman–Crippen LogP) is 2.94. The summed E-state index contributed by atoms with van der Waals surface area (Å²) in [5.74, 6) is 0.144. The summed E-state index contributed by atoms with van der Waals surface area (Å²) in [7, 11) is 1.31. The Balaban J connectivity index is 3.37. The van der Waals surface area contributed by atoms with E-state index in [9.17, 15) is 13.2 Å². The number of nitrogens with two attached hydrogens (primary N) is 1. The van der Waals surface area contributed by atoms with Crippen LogP contribution in [0.1, 0.15) is 11.1 Å². The highest BCUT2D eigenvalue weighted by Crippen LogP contribution is 2.38. The molecule has 0 aromatic heterocycles. The lowest BCUT2D eigenvalue weighted by atomic mass is 10.1. The lowest BCUT2D eigenvalue weighted by Crippen LogP contribution is -2.09. The number of benzene rings is 1. The fraction of sp³-hybridized carbons (Fsp3) is 0.333. The smallest absolute Gasteiger partial charge is 0.417 e. The van der Waals surface area contributed by atoms with Crippen molar-refractivity contribution < 1.29 is 17.9 Å². The lowest BCUT2D eigenvalue weighted by Gasteiger charge is -2.13. The number of hydrogen-bond donors (Lipinski definition) is 1. The maximum atomic E-state index is 12.6. The summed E-state index contributed by atoms with van der Waals surface area (Å²) in [6.45, 7) is 0.0147. The number of alkyl halides is 3. The van der Waals surface area contributed by atoms with Crippen molar-refractivity contribution >= 4 is 15.9 Å². The highest BCUT2D eigenvalue weighted by Gasteiger charge is 2.34. The van der Waals surface area contributed by atoms with Crippen LogP contribution in [0.3, 0.4) is 0 Å². The summed E-state index contributed by atoms with van der Waals surface area (Å²) < 4.78 is 42.4. The third-order valence-corrected chi connectivity index (χ3v) is 2.82. The summed E-state index contributed by atoms with van der Waals surface area (Å²) in [6.07, 6.45) is -4.42. The molecule has 0 aliphatic carbocycles. The molecule has 2 nitrogen and oxygen atoms in total. The van der Waals surface area contributed by atoms with E-state index in [0.717, 1.165) is 6.07 Å². The van der Waals surface area contributed by atoms with Crippen molar-refractivity contribution in [2.24, 2.45) is 5.73 Å². The molecular weight excluding hydrogens is 275 g/mol. The Hall–Kier alpha value is -0.750. The molecule has 1 rings (SSSR count). The first kappa shape index (κ1) is 12.3. The van der Waals surface area contributed by atoms with Gasteiger partial charge in [-0.15, -0.1) is 0 Å². The standard InChI is InChI=1S/C9H9BrF3NO/c1-15-6-2-5(4-14)8(10)7(3-6)9(11,12)13/h2-3H,4,14H2,1H3. The van der Waals surface area contributed by atoms with Crippen LogP contribution < -0.4 is 10.5 Å². The predicted molar refractivity (Wildman–Crippen MR) is 53.6 cm³/mol. The molecule has 0 spiro atoms. The van der Waals surface area contributed by atoms with Crippen LogP contribution in [0.4, 0.5) is 13.2 Å². The minimum Gasteiger partial charge on any atom is -0.497 e. The van der Waals surface area contributed by atoms with Crippen molar-refractivity contribution in [2.45, 2.75) is 12.7 Å². The zero-order valence-electron chi connectivity index (χ0n) is 7.86. The van der Waals surface area contributed by atoms with Crippen molar-refractivity contribution in [1.29, 1.82) is 0 Å². The molecular formula is C9H9BrF3NO. The van der Waals surface area contributed by atoms with E-state index in [-0.39, 0.29) is 16.8 Å². The van der Waals surface area contributed by atoms with E-state index in [2.05, 4.69) is 15.9 Å². The Labute approximate surface area is 93.3 Å². The molecule has 6 heteroatoms. The molecule has 0 fully saturated rings. The average molecular weight is 284 g/mol. The van der Waals surface area contributed by atoms with E-state index >= 15 is 0 Å². The van der Waals surface area contributed by atoms with Gasteiger partial charge >= 0.3 is 6.18 Å². The average Bonchev–Trinajstić information content (AvgIpc) is 2.16. The van der Waals surface area contributed by atoms with Crippen molar-refractivity contribution in [3.05, 3.63) is 27.7 Å². The lowest BCUT2D eigenvalue weighted by molar-refractivity contribution is -0.138. The van der Waals surface area contributed by atoms with Gasteiger partial charge in [0.15, 0.2) is 0 Å². The maximum Gasteiger partial charge on any atom is 0.417 e. The van der Waals surface area contributed by atoms with Gasteiger partial charge in [-0.2, -0.15) is 13.2 Å². The Morgan fingerprint density at radius 2 is 2.00 bits per heavy atom. The molecule has 0 atom stereocenters. The number of methoxy groups -OCH3 is 1. The minimum atomic E-state index is -4.42. The van der Waals surface area contributed by atoms with Gasteiger partial charge in [0.1, 0.15) is 5.75 Å². The van der Waals surface area contributed by atoms with Gasteiger partial charge < -0.3 is 10.5 Å². The molecule has 0 radical (unpaired) electrons. The van der Waals surface area contributed by atoms with Crippen LogP contribution in [0.5, 0.6) is 5.75 Å². The van der Waals surface area contributed by atoms with Gasteiger partial charge in [0.2, 0.25) is 0 Å². The van der Waals surface area contributed by atoms with E-state index in [1.165, 1.54) is 13.2 Å². The number of hydrogen-bond acceptors (Lipinski definition) is 2. The highest BCUT2D eigenvalue weighted by molar-refractivity contribution is 9.10. The fourth-order valence-corrected chi connectivity index (χ4v) is 1.74. The monoisotopic (exact) mass is 283 g/mol. The maximum absolute atomic E-state index is 12.6. The van der Waals surface area contributed by atoms with Crippen LogP contribution in [0.2, 0.25) is 0 Å². The van der Waals surface area contributed by atoms with Crippen LogP contribution >= 0.6 is 15.9 Å². The summed E-state index contributed by atoms with van der Waals surface area (Å²) in [5.41, 5.74) is 4.92. The second-order valence-corrected chi connectivity index (χ2v) is 3.64.